The molecule has 4 atom stereocenters. The Morgan fingerprint density at radius 3 is 2.65 bits per heavy atom. The van der Waals surface area contributed by atoms with Crippen LogP contribution in [0.25, 0.3) is 0 Å². The minimum Gasteiger partial charge on any atom is -0.481 e. The van der Waals surface area contributed by atoms with E-state index in [1.165, 1.54) is 38.5 Å². The van der Waals surface area contributed by atoms with Gasteiger partial charge in [0.25, 0.3) is 0 Å². The lowest BCUT2D eigenvalue weighted by Crippen LogP contribution is -2.28. The standard InChI is InChI=1S/C21H34O4S/c22-21(23)10-4-2-1-3-9-17-18(20-12-11-19(17)25-20)14-26-15-24-13-16-7-5-6-8-16/h1,3,16-20H,2,4-15H2,(H,22,23)/b3-1-/t17-,18+,19-,20+/m1/s1. The van der Waals surface area contributed by atoms with Crippen LogP contribution < -0.4 is 0 Å². The first-order chi connectivity index (χ1) is 12.7. The van der Waals surface area contributed by atoms with E-state index in [0.717, 1.165) is 43.5 Å². The van der Waals surface area contributed by atoms with Crippen molar-refractivity contribution in [3.8, 4) is 0 Å². The summed E-state index contributed by atoms with van der Waals surface area (Å²) in [5, 5.41) is 8.68. The number of rotatable bonds is 12. The summed E-state index contributed by atoms with van der Waals surface area (Å²) in [6.07, 6.45) is 16.1. The first kappa shape index (κ1) is 20.2. The molecule has 0 radical (unpaired) electrons. The number of carboxylic acid groups (broad SMARTS) is 1. The fourth-order valence-electron chi connectivity index (χ4n) is 4.81. The van der Waals surface area contributed by atoms with E-state index in [1.54, 1.807) is 0 Å². The number of allylic oxidation sites excluding steroid dienone is 2. The second-order valence-corrected chi connectivity index (χ2v) is 9.10. The fourth-order valence-corrected chi connectivity index (χ4v) is 5.85. The van der Waals surface area contributed by atoms with Gasteiger partial charge in [-0.25, -0.2) is 0 Å². The number of carboxylic acids is 1. The van der Waals surface area contributed by atoms with E-state index in [2.05, 4.69) is 12.2 Å². The van der Waals surface area contributed by atoms with Crippen molar-refractivity contribution in [1.82, 2.24) is 0 Å². The Balaban J connectivity index is 1.32. The molecule has 26 heavy (non-hydrogen) atoms. The molecule has 0 aromatic carbocycles. The first-order valence-corrected chi connectivity index (χ1v) is 11.6. The van der Waals surface area contributed by atoms with Gasteiger partial charge < -0.3 is 14.6 Å². The summed E-state index contributed by atoms with van der Waals surface area (Å²) in [6.45, 7) is 0.947. The van der Waals surface area contributed by atoms with E-state index >= 15 is 0 Å². The number of ether oxygens (including phenoxy) is 2. The van der Waals surface area contributed by atoms with Gasteiger partial charge in [-0.05, 0) is 62.7 Å². The van der Waals surface area contributed by atoms with Crippen molar-refractivity contribution >= 4 is 17.7 Å². The Morgan fingerprint density at radius 2 is 1.88 bits per heavy atom. The van der Waals surface area contributed by atoms with Crippen LogP contribution in [0, 0.1) is 17.8 Å². The Labute approximate surface area is 162 Å². The molecule has 5 heteroatoms. The number of aliphatic carboxylic acids is 1. The predicted molar refractivity (Wildman–Crippen MR) is 105 cm³/mol. The lowest BCUT2D eigenvalue weighted by Gasteiger charge is -2.27. The highest BCUT2D eigenvalue weighted by Gasteiger charge is 2.47. The number of hydrogen-bond acceptors (Lipinski definition) is 4. The fraction of sp³-hybridized carbons (Fsp3) is 0.857. The molecule has 0 aromatic heterocycles. The molecule has 0 unspecified atom stereocenters. The van der Waals surface area contributed by atoms with E-state index in [-0.39, 0.29) is 6.42 Å². The molecule has 2 saturated heterocycles. The van der Waals surface area contributed by atoms with Crippen molar-refractivity contribution in [2.24, 2.45) is 17.8 Å². The monoisotopic (exact) mass is 382 g/mol. The Bertz CT molecular complexity index is 461. The van der Waals surface area contributed by atoms with Crippen LogP contribution in [0.4, 0.5) is 0 Å². The molecule has 4 nitrogen and oxygen atoms in total. The van der Waals surface area contributed by atoms with Crippen molar-refractivity contribution in [2.45, 2.75) is 76.4 Å². The molecule has 2 bridgehead atoms. The van der Waals surface area contributed by atoms with Gasteiger partial charge >= 0.3 is 5.97 Å². The number of hydrogen-bond donors (Lipinski definition) is 1. The Morgan fingerprint density at radius 1 is 1.12 bits per heavy atom. The van der Waals surface area contributed by atoms with Crippen LogP contribution in [-0.2, 0) is 14.3 Å². The summed E-state index contributed by atoms with van der Waals surface area (Å²) in [5.74, 6) is 3.35. The summed E-state index contributed by atoms with van der Waals surface area (Å²) >= 11 is 1.94. The van der Waals surface area contributed by atoms with Gasteiger partial charge in [0.05, 0.1) is 24.8 Å². The van der Waals surface area contributed by atoms with Crippen LogP contribution >= 0.6 is 11.8 Å². The largest absolute Gasteiger partial charge is 0.481 e. The van der Waals surface area contributed by atoms with Crippen molar-refractivity contribution in [2.75, 3.05) is 18.3 Å². The lowest BCUT2D eigenvalue weighted by molar-refractivity contribution is -0.137. The van der Waals surface area contributed by atoms with Crippen LogP contribution in [0.2, 0.25) is 0 Å². The van der Waals surface area contributed by atoms with E-state index in [0.29, 0.717) is 24.0 Å². The van der Waals surface area contributed by atoms with Gasteiger partial charge in [-0.1, -0.05) is 25.0 Å². The number of carbonyl (C=O) groups is 1. The molecule has 2 heterocycles. The molecule has 0 amide bonds. The molecule has 0 spiro atoms. The van der Waals surface area contributed by atoms with Gasteiger partial charge in [0.1, 0.15) is 0 Å². The Kier molecular flexibility index (Phi) is 8.34. The predicted octanol–water partition coefficient (Wildman–Crippen LogP) is 4.88. The maximum absolute atomic E-state index is 10.5. The maximum atomic E-state index is 10.5. The summed E-state index contributed by atoms with van der Waals surface area (Å²) < 4.78 is 12.1. The summed E-state index contributed by atoms with van der Waals surface area (Å²) in [4.78, 5) is 10.5. The van der Waals surface area contributed by atoms with E-state index in [9.17, 15) is 4.79 Å². The van der Waals surface area contributed by atoms with Crippen LogP contribution in [0.3, 0.4) is 0 Å². The highest BCUT2D eigenvalue weighted by atomic mass is 32.2. The van der Waals surface area contributed by atoms with Gasteiger partial charge in [0.15, 0.2) is 0 Å². The Hall–Kier alpha value is -0.520. The van der Waals surface area contributed by atoms with Gasteiger partial charge in [0.2, 0.25) is 0 Å². The third kappa shape index (κ3) is 6.00. The van der Waals surface area contributed by atoms with Crippen LogP contribution in [0.15, 0.2) is 12.2 Å². The van der Waals surface area contributed by atoms with Crippen molar-refractivity contribution in [3.05, 3.63) is 12.2 Å². The molecular weight excluding hydrogens is 348 g/mol. The highest BCUT2D eigenvalue weighted by molar-refractivity contribution is 7.99. The normalized spacial score (nSPS) is 31.4. The quantitative estimate of drug-likeness (QED) is 0.296. The van der Waals surface area contributed by atoms with Crippen molar-refractivity contribution < 1.29 is 19.4 Å². The maximum Gasteiger partial charge on any atom is 0.303 e. The molecule has 3 rings (SSSR count). The zero-order valence-corrected chi connectivity index (χ0v) is 16.6. The number of thioether (sulfide) groups is 1. The highest BCUT2D eigenvalue weighted by Crippen LogP contribution is 2.46. The smallest absolute Gasteiger partial charge is 0.303 e. The SMILES string of the molecule is O=C(O)CCC/C=C\C[C@@H]1[C@H](CSCOCC2CCCC2)[C@@H]2CC[C@H]1O2. The summed E-state index contributed by atoms with van der Waals surface area (Å²) in [6, 6.07) is 0. The number of unbranched alkanes of at least 4 members (excludes halogenated alkanes) is 1. The number of fused-ring (bicyclic) bond motifs is 2. The second-order valence-electron chi connectivity index (χ2n) is 8.12. The third-order valence-corrected chi connectivity index (χ3v) is 7.19. The summed E-state index contributed by atoms with van der Waals surface area (Å²) in [7, 11) is 0. The van der Waals surface area contributed by atoms with Crippen LogP contribution in [-0.4, -0.2) is 41.6 Å². The first-order valence-electron chi connectivity index (χ1n) is 10.4. The molecule has 3 fully saturated rings. The molecule has 1 saturated carbocycles. The lowest BCUT2D eigenvalue weighted by atomic mass is 9.78. The topological polar surface area (TPSA) is 55.8 Å². The molecule has 148 valence electrons. The zero-order valence-electron chi connectivity index (χ0n) is 15.8. The minimum absolute atomic E-state index is 0.266. The van der Waals surface area contributed by atoms with Crippen LogP contribution in [0.5, 0.6) is 0 Å². The average Bonchev–Trinajstić information content (AvgIpc) is 3.35. The molecule has 2 aliphatic heterocycles. The zero-order chi connectivity index (χ0) is 18.2. The van der Waals surface area contributed by atoms with Crippen molar-refractivity contribution in [3.63, 3.8) is 0 Å². The molecule has 1 N–H and O–H groups in total. The van der Waals surface area contributed by atoms with Gasteiger partial charge in [0, 0.05) is 12.2 Å². The minimum atomic E-state index is -0.702. The van der Waals surface area contributed by atoms with Crippen LogP contribution in [0.1, 0.15) is 64.2 Å². The molecular formula is C21H34O4S. The van der Waals surface area contributed by atoms with E-state index < -0.39 is 5.97 Å². The second kappa shape index (κ2) is 10.7. The molecule has 0 aromatic rings. The average molecular weight is 383 g/mol. The molecule has 3 aliphatic rings. The van der Waals surface area contributed by atoms with Gasteiger partial charge in [-0.15, -0.1) is 11.8 Å². The third-order valence-electron chi connectivity index (χ3n) is 6.23. The van der Waals surface area contributed by atoms with Crippen molar-refractivity contribution in [1.29, 1.82) is 0 Å². The van der Waals surface area contributed by atoms with E-state index in [1.807, 2.05) is 11.8 Å². The van der Waals surface area contributed by atoms with Gasteiger partial charge in [-0.3, -0.25) is 4.79 Å². The van der Waals surface area contributed by atoms with E-state index in [4.69, 9.17) is 14.6 Å². The van der Waals surface area contributed by atoms with Gasteiger partial charge in [-0.2, -0.15) is 0 Å². The molecule has 1 aliphatic carbocycles. The summed E-state index contributed by atoms with van der Waals surface area (Å²) in [5.41, 5.74) is 0.